The number of nitrogens with zero attached hydrogens (tertiary/aromatic N) is 2. The average Bonchev–Trinajstić information content (AvgIpc) is 3.07. The van der Waals surface area contributed by atoms with Crippen molar-refractivity contribution in [2.75, 3.05) is 31.7 Å². The molecule has 1 saturated heterocycles. The second-order valence-corrected chi connectivity index (χ2v) is 5.95. The Hall–Kier alpha value is -1.64. The molecule has 1 aliphatic carbocycles. The zero-order chi connectivity index (χ0) is 15.2. The number of fused-ring (bicyclic) bond motifs is 1. The SMILES string of the molecule is N#Cc1cc2c(nc1NCCOC[C@H]1CCCO1)CCCC2. The van der Waals surface area contributed by atoms with Gasteiger partial charge in [0.05, 0.1) is 24.9 Å². The Labute approximate surface area is 131 Å². The van der Waals surface area contributed by atoms with Crippen LogP contribution in [0.2, 0.25) is 0 Å². The Morgan fingerprint density at radius 1 is 1.36 bits per heavy atom. The molecule has 0 spiro atoms. The van der Waals surface area contributed by atoms with Gasteiger partial charge in [-0.25, -0.2) is 4.98 Å². The Kier molecular flexibility index (Phi) is 5.25. The maximum atomic E-state index is 9.29. The number of pyridine rings is 1. The third-order valence-electron chi connectivity index (χ3n) is 4.29. The molecule has 5 nitrogen and oxygen atoms in total. The van der Waals surface area contributed by atoms with Crippen LogP contribution >= 0.6 is 0 Å². The predicted molar refractivity (Wildman–Crippen MR) is 83.9 cm³/mol. The molecule has 22 heavy (non-hydrogen) atoms. The van der Waals surface area contributed by atoms with Crippen LogP contribution in [0.25, 0.3) is 0 Å². The average molecular weight is 301 g/mol. The Bertz CT molecular complexity index is 548. The number of hydrogen-bond donors (Lipinski definition) is 1. The highest BCUT2D eigenvalue weighted by molar-refractivity contribution is 5.54. The number of anilines is 1. The number of nitriles is 1. The summed E-state index contributed by atoms with van der Waals surface area (Å²) in [6.07, 6.45) is 6.94. The first-order valence-corrected chi connectivity index (χ1v) is 8.23. The molecule has 0 amide bonds. The van der Waals surface area contributed by atoms with Gasteiger partial charge in [0.15, 0.2) is 0 Å². The molecule has 118 valence electrons. The molecule has 1 fully saturated rings. The topological polar surface area (TPSA) is 67.2 Å². The standard InChI is InChI=1S/C17H23N3O2/c18-11-14-10-13-4-1-2-6-16(13)20-17(14)19-7-9-21-12-15-5-3-8-22-15/h10,15H,1-9,12H2,(H,19,20)/t15-/m1/s1. The highest BCUT2D eigenvalue weighted by Gasteiger charge is 2.16. The van der Waals surface area contributed by atoms with E-state index in [-0.39, 0.29) is 6.10 Å². The zero-order valence-corrected chi connectivity index (χ0v) is 12.9. The first-order valence-electron chi connectivity index (χ1n) is 8.23. The van der Waals surface area contributed by atoms with Crippen LogP contribution in [0.5, 0.6) is 0 Å². The van der Waals surface area contributed by atoms with Gasteiger partial charge in [-0.2, -0.15) is 5.26 Å². The monoisotopic (exact) mass is 301 g/mol. The Morgan fingerprint density at radius 2 is 2.27 bits per heavy atom. The van der Waals surface area contributed by atoms with Crippen LogP contribution in [-0.4, -0.2) is 37.5 Å². The lowest BCUT2D eigenvalue weighted by Gasteiger charge is -2.17. The number of ether oxygens (including phenoxy) is 2. The third-order valence-corrected chi connectivity index (χ3v) is 4.29. The number of rotatable bonds is 6. The van der Waals surface area contributed by atoms with Gasteiger partial charge in [-0.1, -0.05) is 0 Å². The van der Waals surface area contributed by atoms with Gasteiger partial charge in [0.1, 0.15) is 11.9 Å². The van der Waals surface area contributed by atoms with Gasteiger partial charge in [0.25, 0.3) is 0 Å². The summed E-state index contributed by atoms with van der Waals surface area (Å²) in [6.45, 7) is 2.78. The molecule has 5 heteroatoms. The molecule has 1 aromatic rings. The van der Waals surface area contributed by atoms with Crippen molar-refractivity contribution in [2.24, 2.45) is 0 Å². The molecule has 2 heterocycles. The molecule has 1 aromatic heterocycles. The molecule has 3 rings (SSSR count). The van der Waals surface area contributed by atoms with E-state index < -0.39 is 0 Å². The van der Waals surface area contributed by atoms with Crippen molar-refractivity contribution in [3.63, 3.8) is 0 Å². The van der Waals surface area contributed by atoms with E-state index in [4.69, 9.17) is 9.47 Å². The summed E-state index contributed by atoms with van der Waals surface area (Å²) in [6, 6.07) is 4.24. The summed E-state index contributed by atoms with van der Waals surface area (Å²) < 4.78 is 11.1. The molecule has 0 saturated carbocycles. The maximum absolute atomic E-state index is 9.29. The van der Waals surface area contributed by atoms with Crippen molar-refractivity contribution in [2.45, 2.75) is 44.6 Å². The first kappa shape index (κ1) is 15.3. The summed E-state index contributed by atoms with van der Waals surface area (Å²) in [5, 5.41) is 12.5. The summed E-state index contributed by atoms with van der Waals surface area (Å²) >= 11 is 0. The van der Waals surface area contributed by atoms with Gasteiger partial charge >= 0.3 is 0 Å². The fourth-order valence-corrected chi connectivity index (χ4v) is 3.09. The van der Waals surface area contributed by atoms with Gasteiger partial charge in [-0.05, 0) is 50.2 Å². The van der Waals surface area contributed by atoms with Crippen LogP contribution < -0.4 is 5.32 Å². The quantitative estimate of drug-likeness (QED) is 0.817. The van der Waals surface area contributed by atoms with Gasteiger partial charge in [0.2, 0.25) is 0 Å². The minimum Gasteiger partial charge on any atom is -0.377 e. The molecular weight excluding hydrogens is 278 g/mol. The molecular formula is C17H23N3O2. The first-order chi connectivity index (χ1) is 10.9. The molecule has 0 bridgehead atoms. The summed E-state index contributed by atoms with van der Waals surface area (Å²) in [4.78, 5) is 4.65. The third kappa shape index (κ3) is 3.76. The number of aromatic nitrogens is 1. The second-order valence-electron chi connectivity index (χ2n) is 5.95. The predicted octanol–water partition coefficient (Wildman–Crippen LogP) is 2.44. The van der Waals surface area contributed by atoms with Crippen molar-refractivity contribution < 1.29 is 9.47 Å². The van der Waals surface area contributed by atoms with Crippen molar-refractivity contribution in [3.05, 3.63) is 22.9 Å². The van der Waals surface area contributed by atoms with Crippen molar-refractivity contribution in [1.29, 1.82) is 5.26 Å². The molecule has 1 atom stereocenters. The van der Waals surface area contributed by atoms with Crippen molar-refractivity contribution >= 4 is 5.82 Å². The largest absolute Gasteiger partial charge is 0.377 e. The smallest absolute Gasteiger partial charge is 0.144 e. The number of hydrogen-bond acceptors (Lipinski definition) is 5. The van der Waals surface area contributed by atoms with Gasteiger partial charge in [0, 0.05) is 18.8 Å². The molecule has 0 radical (unpaired) electrons. The van der Waals surface area contributed by atoms with E-state index in [1.807, 2.05) is 6.07 Å². The van der Waals surface area contributed by atoms with E-state index in [2.05, 4.69) is 16.4 Å². The highest BCUT2D eigenvalue weighted by Crippen LogP contribution is 2.24. The van der Waals surface area contributed by atoms with Crippen molar-refractivity contribution in [3.8, 4) is 6.07 Å². The maximum Gasteiger partial charge on any atom is 0.144 e. The van der Waals surface area contributed by atoms with E-state index >= 15 is 0 Å². The van der Waals surface area contributed by atoms with E-state index in [0.717, 1.165) is 38.0 Å². The van der Waals surface area contributed by atoms with E-state index in [9.17, 15) is 5.26 Å². The Morgan fingerprint density at radius 3 is 3.09 bits per heavy atom. The lowest BCUT2D eigenvalue weighted by Crippen LogP contribution is -2.19. The molecule has 1 aliphatic heterocycles. The zero-order valence-electron chi connectivity index (χ0n) is 12.9. The van der Waals surface area contributed by atoms with Crippen LogP contribution in [0, 0.1) is 11.3 Å². The van der Waals surface area contributed by atoms with Gasteiger partial charge in [-0.3, -0.25) is 0 Å². The molecule has 0 unspecified atom stereocenters. The molecule has 0 aromatic carbocycles. The molecule has 1 N–H and O–H groups in total. The fraction of sp³-hybridized carbons (Fsp3) is 0.647. The van der Waals surface area contributed by atoms with Gasteiger partial charge < -0.3 is 14.8 Å². The van der Waals surface area contributed by atoms with E-state index in [1.54, 1.807) is 0 Å². The summed E-state index contributed by atoms with van der Waals surface area (Å²) in [7, 11) is 0. The van der Waals surface area contributed by atoms with Crippen LogP contribution in [0.4, 0.5) is 5.82 Å². The summed E-state index contributed by atoms with van der Waals surface area (Å²) in [5.41, 5.74) is 3.02. The normalized spacial score (nSPS) is 20.4. The second kappa shape index (κ2) is 7.57. The number of nitrogens with one attached hydrogen (secondary N) is 1. The number of aryl methyl sites for hydroxylation is 2. The lowest BCUT2D eigenvalue weighted by atomic mass is 9.95. The Balaban J connectivity index is 1.50. The minimum atomic E-state index is 0.261. The lowest BCUT2D eigenvalue weighted by molar-refractivity contribution is 0.0206. The fourth-order valence-electron chi connectivity index (χ4n) is 3.09. The van der Waals surface area contributed by atoms with Crippen LogP contribution in [0.3, 0.4) is 0 Å². The van der Waals surface area contributed by atoms with E-state index in [1.165, 1.54) is 18.4 Å². The summed E-state index contributed by atoms with van der Waals surface area (Å²) in [5.74, 6) is 0.698. The van der Waals surface area contributed by atoms with Gasteiger partial charge in [-0.15, -0.1) is 0 Å². The van der Waals surface area contributed by atoms with Crippen LogP contribution in [0.1, 0.15) is 42.5 Å². The van der Waals surface area contributed by atoms with Crippen molar-refractivity contribution in [1.82, 2.24) is 4.98 Å². The van der Waals surface area contributed by atoms with Crippen LogP contribution in [-0.2, 0) is 22.3 Å². The highest BCUT2D eigenvalue weighted by atomic mass is 16.5. The molecule has 2 aliphatic rings. The van der Waals surface area contributed by atoms with E-state index in [0.29, 0.717) is 31.1 Å². The minimum absolute atomic E-state index is 0.261. The van der Waals surface area contributed by atoms with Crippen LogP contribution in [0.15, 0.2) is 6.07 Å².